The van der Waals surface area contributed by atoms with E-state index in [1.165, 1.54) is 6.42 Å². The summed E-state index contributed by atoms with van der Waals surface area (Å²) in [5.74, 6) is 0.468. The normalized spacial score (nSPS) is 31.6. The topological polar surface area (TPSA) is 67.6 Å². The zero-order valence-electron chi connectivity index (χ0n) is 11.2. The summed E-state index contributed by atoms with van der Waals surface area (Å²) in [7, 11) is 0. The molecule has 0 aromatic rings. The van der Waals surface area contributed by atoms with Crippen LogP contribution in [0.1, 0.15) is 32.6 Å². The van der Waals surface area contributed by atoms with Crippen LogP contribution in [0.2, 0.25) is 0 Å². The maximum absolute atomic E-state index is 12.3. The van der Waals surface area contributed by atoms with Crippen molar-refractivity contribution in [1.29, 1.82) is 0 Å². The van der Waals surface area contributed by atoms with Crippen LogP contribution in [0, 0.1) is 5.92 Å². The van der Waals surface area contributed by atoms with Gasteiger partial charge in [-0.05, 0) is 38.6 Å². The molecule has 0 aromatic carbocycles. The van der Waals surface area contributed by atoms with Crippen molar-refractivity contribution < 1.29 is 9.53 Å². The highest BCUT2D eigenvalue weighted by atomic mass is 16.5. The number of nitrogens with two attached hydrogens (primary N) is 1. The standard InChI is InChI=1S/C13H25N3O2/c1-2-16(12-5-3-4-10(12)8-14)13(17)15-11-6-7-18-9-11/h10-12H,2-9,14H2,1H3,(H,15,17). The van der Waals surface area contributed by atoms with E-state index in [0.717, 1.165) is 32.4 Å². The summed E-state index contributed by atoms with van der Waals surface area (Å²) in [6.45, 7) is 4.87. The maximum atomic E-state index is 12.3. The molecule has 2 amide bonds. The molecule has 2 aliphatic rings. The minimum Gasteiger partial charge on any atom is -0.379 e. The Labute approximate surface area is 109 Å². The molecule has 18 heavy (non-hydrogen) atoms. The highest BCUT2D eigenvalue weighted by Crippen LogP contribution is 2.29. The molecule has 3 atom stereocenters. The van der Waals surface area contributed by atoms with Crippen LogP contribution in [0.3, 0.4) is 0 Å². The Morgan fingerprint density at radius 2 is 2.28 bits per heavy atom. The second-order valence-corrected chi connectivity index (χ2v) is 5.29. The Hall–Kier alpha value is -0.810. The molecule has 1 saturated heterocycles. The Balaban J connectivity index is 1.92. The van der Waals surface area contributed by atoms with Crippen molar-refractivity contribution in [3.63, 3.8) is 0 Å². The molecule has 1 saturated carbocycles. The summed E-state index contributed by atoms with van der Waals surface area (Å²) in [4.78, 5) is 14.3. The average Bonchev–Trinajstić information content (AvgIpc) is 3.01. The maximum Gasteiger partial charge on any atom is 0.317 e. The summed E-state index contributed by atoms with van der Waals surface area (Å²) in [6.07, 6.45) is 4.35. The number of amides is 2. The van der Waals surface area contributed by atoms with Gasteiger partial charge < -0.3 is 20.7 Å². The molecule has 0 aromatic heterocycles. The first-order valence-electron chi connectivity index (χ1n) is 7.11. The quantitative estimate of drug-likeness (QED) is 0.785. The molecule has 5 nitrogen and oxygen atoms in total. The predicted octanol–water partition coefficient (Wildman–Crippen LogP) is 0.934. The molecule has 2 fully saturated rings. The van der Waals surface area contributed by atoms with Crippen LogP contribution in [0.15, 0.2) is 0 Å². The van der Waals surface area contributed by atoms with E-state index < -0.39 is 0 Å². The van der Waals surface area contributed by atoms with E-state index in [0.29, 0.717) is 25.1 Å². The van der Waals surface area contributed by atoms with Crippen molar-refractivity contribution in [2.45, 2.75) is 44.7 Å². The van der Waals surface area contributed by atoms with Gasteiger partial charge in [-0.25, -0.2) is 4.79 Å². The predicted molar refractivity (Wildman–Crippen MR) is 70.3 cm³/mol. The Bertz CT molecular complexity index is 279. The second-order valence-electron chi connectivity index (χ2n) is 5.29. The molecular formula is C13H25N3O2. The van der Waals surface area contributed by atoms with Gasteiger partial charge in [-0.15, -0.1) is 0 Å². The van der Waals surface area contributed by atoms with E-state index in [9.17, 15) is 4.79 Å². The fourth-order valence-corrected chi connectivity index (χ4v) is 3.14. The van der Waals surface area contributed by atoms with Crippen LogP contribution in [0.25, 0.3) is 0 Å². The van der Waals surface area contributed by atoms with E-state index in [1.807, 2.05) is 11.8 Å². The first-order valence-corrected chi connectivity index (χ1v) is 7.11. The van der Waals surface area contributed by atoms with Crippen molar-refractivity contribution >= 4 is 6.03 Å². The lowest BCUT2D eigenvalue weighted by Gasteiger charge is -2.32. The summed E-state index contributed by atoms with van der Waals surface area (Å²) >= 11 is 0. The number of hydrogen-bond acceptors (Lipinski definition) is 3. The molecule has 3 unspecified atom stereocenters. The molecule has 0 bridgehead atoms. The van der Waals surface area contributed by atoms with Crippen LogP contribution in [-0.2, 0) is 4.74 Å². The summed E-state index contributed by atoms with van der Waals surface area (Å²) in [6, 6.07) is 0.560. The number of carbonyl (C=O) groups is 1. The minimum atomic E-state index is 0.0540. The number of rotatable bonds is 4. The van der Waals surface area contributed by atoms with Crippen LogP contribution in [0.4, 0.5) is 4.79 Å². The van der Waals surface area contributed by atoms with Gasteiger partial charge >= 0.3 is 6.03 Å². The number of nitrogens with one attached hydrogen (secondary N) is 1. The van der Waals surface area contributed by atoms with Crippen LogP contribution >= 0.6 is 0 Å². The van der Waals surface area contributed by atoms with Gasteiger partial charge in [-0.2, -0.15) is 0 Å². The summed E-state index contributed by atoms with van der Waals surface area (Å²) in [5.41, 5.74) is 5.80. The second kappa shape index (κ2) is 6.38. The van der Waals surface area contributed by atoms with Gasteiger partial charge in [0, 0.05) is 19.2 Å². The molecule has 3 N–H and O–H groups in total. The first kappa shape index (κ1) is 13.6. The van der Waals surface area contributed by atoms with Crippen molar-refractivity contribution in [2.24, 2.45) is 11.7 Å². The fourth-order valence-electron chi connectivity index (χ4n) is 3.14. The van der Waals surface area contributed by atoms with Gasteiger partial charge in [0.2, 0.25) is 0 Å². The number of ether oxygens (including phenoxy) is 1. The molecule has 1 aliphatic carbocycles. The Morgan fingerprint density at radius 1 is 1.44 bits per heavy atom. The zero-order chi connectivity index (χ0) is 13.0. The van der Waals surface area contributed by atoms with Gasteiger partial charge in [-0.1, -0.05) is 6.42 Å². The van der Waals surface area contributed by atoms with Crippen molar-refractivity contribution in [1.82, 2.24) is 10.2 Å². The lowest BCUT2D eigenvalue weighted by Crippen LogP contribution is -2.51. The molecule has 1 aliphatic heterocycles. The number of hydrogen-bond donors (Lipinski definition) is 2. The van der Waals surface area contributed by atoms with Crippen LogP contribution in [-0.4, -0.2) is 49.3 Å². The van der Waals surface area contributed by atoms with Gasteiger partial charge in [0.15, 0.2) is 0 Å². The summed E-state index contributed by atoms with van der Waals surface area (Å²) in [5, 5.41) is 3.07. The SMILES string of the molecule is CCN(C(=O)NC1CCOC1)C1CCCC1CN. The number of carbonyl (C=O) groups excluding carboxylic acids is 1. The van der Waals surface area contributed by atoms with Crippen LogP contribution in [0.5, 0.6) is 0 Å². The molecule has 0 radical (unpaired) electrons. The molecule has 0 spiro atoms. The fraction of sp³-hybridized carbons (Fsp3) is 0.923. The highest BCUT2D eigenvalue weighted by Gasteiger charge is 2.33. The smallest absolute Gasteiger partial charge is 0.317 e. The minimum absolute atomic E-state index is 0.0540. The van der Waals surface area contributed by atoms with Gasteiger partial charge in [0.1, 0.15) is 0 Å². The third kappa shape index (κ3) is 2.95. The van der Waals surface area contributed by atoms with Crippen molar-refractivity contribution in [2.75, 3.05) is 26.3 Å². The highest BCUT2D eigenvalue weighted by molar-refractivity contribution is 5.75. The van der Waals surface area contributed by atoms with E-state index in [1.54, 1.807) is 0 Å². The van der Waals surface area contributed by atoms with Gasteiger partial charge in [0.25, 0.3) is 0 Å². The number of urea groups is 1. The molecule has 1 heterocycles. The van der Waals surface area contributed by atoms with E-state index in [4.69, 9.17) is 10.5 Å². The monoisotopic (exact) mass is 255 g/mol. The number of nitrogens with zero attached hydrogens (tertiary/aromatic N) is 1. The zero-order valence-corrected chi connectivity index (χ0v) is 11.2. The molecule has 2 rings (SSSR count). The molecule has 104 valence electrons. The Kier molecular flexibility index (Phi) is 4.83. The third-order valence-corrected chi connectivity index (χ3v) is 4.18. The Morgan fingerprint density at radius 3 is 2.89 bits per heavy atom. The summed E-state index contributed by atoms with van der Waals surface area (Å²) < 4.78 is 5.29. The first-order chi connectivity index (χ1) is 8.76. The lowest BCUT2D eigenvalue weighted by atomic mass is 10.0. The largest absolute Gasteiger partial charge is 0.379 e. The molecule has 5 heteroatoms. The van der Waals surface area contributed by atoms with Gasteiger partial charge in [-0.3, -0.25) is 0 Å². The van der Waals surface area contributed by atoms with E-state index in [2.05, 4.69) is 5.32 Å². The third-order valence-electron chi connectivity index (χ3n) is 4.18. The average molecular weight is 255 g/mol. The molecular weight excluding hydrogens is 230 g/mol. The van der Waals surface area contributed by atoms with Crippen LogP contribution < -0.4 is 11.1 Å². The lowest BCUT2D eigenvalue weighted by molar-refractivity contribution is 0.154. The van der Waals surface area contributed by atoms with Crippen molar-refractivity contribution in [3.8, 4) is 0 Å². The van der Waals surface area contributed by atoms with E-state index >= 15 is 0 Å². The van der Waals surface area contributed by atoms with E-state index in [-0.39, 0.29) is 12.1 Å². The van der Waals surface area contributed by atoms with Crippen molar-refractivity contribution in [3.05, 3.63) is 0 Å². The van der Waals surface area contributed by atoms with Gasteiger partial charge in [0.05, 0.1) is 12.6 Å².